The minimum Gasteiger partial charge on any atom is -0.439 e. The van der Waals surface area contributed by atoms with Crippen LogP contribution in [0.3, 0.4) is 0 Å². The molecular formula is C24H30FN3O3. The maximum atomic E-state index is 13.4. The number of hydrogen-bond donors (Lipinski definition) is 1. The third-order valence-electron chi connectivity index (χ3n) is 5.10. The van der Waals surface area contributed by atoms with E-state index in [9.17, 15) is 9.50 Å². The number of aliphatic hydroxyl groups is 1. The van der Waals surface area contributed by atoms with E-state index in [2.05, 4.69) is 4.90 Å². The van der Waals surface area contributed by atoms with Gasteiger partial charge >= 0.3 is 0 Å². The molecule has 0 aliphatic heterocycles. The Labute approximate surface area is 182 Å². The van der Waals surface area contributed by atoms with Crippen LogP contribution >= 0.6 is 0 Å². The van der Waals surface area contributed by atoms with Crippen molar-refractivity contribution in [2.24, 2.45) is 0 Å². The smallest absolute Gasteiger partial charge is 0.227 e. The second-order valence-electron chi connectivity index (χ2n) is 7.46. The maximum Gasteiger partial charge on any atom is 0.227 e. The van der Waals surface area contributed by atoms with Crippen LogP contribution in [0.1, 0.15) is 24.6 Å². The van der Waals surface area contributed by atoms with Gasteiger partial charge < -0.3 is 14.6 Å². The largest absolute Gasteiger partial charge is 0.439 e. The topological polar surface area (TPSA) is 59.8 Å². The summed E-state index contributed by atoms with van der Waals surface area (Å²) in [5.74, 6) is 0.778. The number of aromatic nitrogens is 2. The summed E-state index contributed by atoms with van der Waals surface area (Å²) in [5.41, 5.74) is 2.60. The van der Waals surface area contributed by atoms with Crippen molar-refractivity contribution in [2.75, 3.05) is 26.8 Å². The third kappa shape index (κ3) is 6.13. The summed E-state index contributed by atoms with van der Waals surface area (Å²) in [4.78, 5) is 2.13. The molecule has 7 heteroatoms. The average molecular weight is 428 g/mol. The summed E-state index contributed by atoms with van der Waals surface area (Å²) in [6, 6.07) is 15.7. The number of hydrogen-bond acceptors (Lipinski definition) is 5. The van der Waals surface area contributed by atoms with Crippen LogP contribution in [0, 0.1) is 12.7 Å². The van der Waals surface area contributed by atoms with Crippen molar-refractivity contribution >= 4 is 0 Å². The minimum atomic E-state index is -0.428. The van der Waals surface area contributed by atoms with Gasteiger partial charge in [0.15, 0.2) is 0 Å². The number of rotatable bonds is 11. The highest BCUT2D eigenvalue weighted by molar-refractivity contribution is 5.43. The van der Waals surface area contributed by atoms with Crippen molar-refractivity contribution in [3.63, 3.8) is 0 Å². The molecule has 1 heterocycles. The molecule has 0 radical (unpaired) electrons. The molecule has 3 aromatic rings. The predicted molar refractivity (Wildman–Crippen MR) is 118 cm³/mol. The number of nitrogens with zero attached hydrogens (tertiary/aromatic N) is 3. The Morgan fingerprint density at radius 3 is 2.48 bits per heavy atom. The normalized spacial score (nSPS) is 12.3. The quantitative estimate of drug-likeness (QED) is 0.494. The van der Waals surface area contributed by atoms with E-state index >= 15 is 0 Å². The molecule has 0 bridgehead atoms. The van der Waals surface area contributed by atoms with Crippen molar-refractivity contribution < 1.29 is 19.0 Å². The van der Waals surface area contributed by atoms with E-state index in [0.29, 0.717) is 44.3 Å². The highest BCUT2D eigenvalue weighted by Gasteiger charge is 2.22. The van der Waals surface area contributed by atoms with Crippen molar-refractivity contribution in [1.82, 2.24) is 14.7 Å². The molecule has 0 spiro atoms. The molecule has 1 atom stereocenters. The van der Waals surface area contributed by atoms with Crippen LogP contribution in [-0.4, -0.2) is 52.7 Å². The van der Waals surface area contributed by atoms with Crippen LogP contribution in [-0.2, 0) is 11.3 Å². The van der Waals surface area contributed by atoms with Gasteiger partial charge in [-0.05, 0) is 49.7 Å². The molecule has 0 amide bonds. The summed E-state index contributed by atoms with van der Waals surface area (Å²) < 4.78 is 26.6. The third-order valence-corrected chi connectivity index (χ3v) is 5.10. The van der Waals surface area contributed by atoms with Gasteiger partial charge in [-0.15, -0.1) is 0 Å². The van der Waals surface area contributed by atoms with E-state index in [1.807, 2.05) is 44.2 Å². The highest BCUT2D eigenvalue weighted by atomic mass is 19.1. The van der Waals surface area contributed by atoms with E-state index in [-0.39, 0.29) is 5.82 Å². The number of methoxy groups -OCH3 is 1. The van der Waals surface area contributed by atoms with Gasteiger partial charge in [-0.1, -0.05) is 25.1 Å². The molecule has 166 valence electrons. The molecule has 0 saturated carbocycles. The molecule has 0 aliphatic rings. The molecule has 6 nitrogen and oxygen atoms in total. The fraction of sp³-hybridized carbons (Fsp3) is 0.375. The minimum absolute atomic E-state index is 0.320. The molecule has 0 aliphatic carbocycles. The molecule has 1 N–H and O–H groups in total. The summed E-state index contributed by atoms with van der Waals surface area (Å²) in [7, 11) is 1.66. The van der Waals surface area contributed by atoms with Gasteiger partial charge in [0.05, 0.1) is 29.7 Å². The lowest BCUT2D eigenvalue weighted by atomic mass is 10.2. The monoisotopic (exact) mass is 427 g/mol. The van der Waals surface area contributed by atoms with E-state index in [0.717, 1.165) is 16.9 Å². The molecule has 0 fully saturated rings. The van der Waals surface area contributed by atoms with Crippen molar-refractivity contribution in [1.29, 1.82) is 0 Å². The standard InChI is InChI=1S/C24H30FN3O3/c1-4-21(29)16-27(14-15-30-3)17-23-18(2)26-28(20-8-6-5-7-9-20)24(23)31-22-12-10-19(25)11-13-22/h5-13,21,29H,4,14-17H2,1-3H3/t21-/m1/s1. The van der Waals surface area contributed by atoms with Gasteiger partial charge in [0.2, 0.25) is 5.88 Å². The Morgan fingerprint density at radius 1 is 1.13 bits per heavy atom. The van der Waals surface area contributed by atoms with Crippen LogP contribution < -0.4 is 4.74 Å². The van der Waals surface area contributed by atoms with Crippen LogP contribution in [0.15, 0.2) is 54.6 Å². The lowest BCUT2D eigenvalue weighted by Gasteiger charge is -2.24. The summed E-state index contributed by atoms with van der Waals surface area (Å²) in [5, 5.41) is 14.9. The molecule has 31 heavy (non-hydrogen) atoms. The SMILES string of the molecule is CC[C@@H](O)CN(CCOC)Cc1c(C)nn(-c2ccccc2)c1Oc1ccc(F)cc1. The van der Waals surface area contributed by atoms with E-state index < -0.39 is 6.10 Å². The van der Waals surface area contributed by atoms with Gasteiger partial charge in [-0.2, -0.15) is 5.10 Å². The second-order valence-corrected chi connectivity index (χ2v) is 7.46. The van der Waals surface area contributed by atoms with Gasteiger partial charge in [0, 0.05) is 26.7 Å². The van der Waals surface area contributed by atoms with E-state index in [4.69, 9.17) is 14.6 Å². The summed E-state index contributed by atoms with van der Waals surface area (Å²) >= 11 is 0. The van der Waals surface area contributed by atoms with Gasteiger partial charge in [-0.3, -0.25) is 4.90 Å². The zero-order valence-corrected chi connectivity index (χ0v) is 18.3. The molecule has 1 aromatic heterocycles. The summed E-state index contributed by atoms with van der Waals surface area (Å²) in [6.45, 7) is 6.18. The number of ether oxygens (including phenoxy) is 2. The van der Waals surface area contributed by atoms with E-state index in [1.165, 1.54) is 12.1 Å². The molecule has 0 saturated heterocycles. The predicted octanol–water partition coefficient (Wildman–Crippen LogP) is 4.33. The van der Waals surface area contributed by atoms with E-state index in [1.54, 1.807) is 23.9 Å². The number of aliphatic hydroxyl groups excluding tert-OH is 1. The first-order chi connectivity index (χ1) is 15.0. The maximum absolute atomic E-state index is 13.4. The molecule has 0 unspecified atom stereocenters. The Morgan fingerprint density at radius 2 is 1.84 bits per heavy atom. The van der Waals surface area contributed by atoms with Gasteiger partial charge in [0.25, 0.3) is 0 Å². The Bertz CT molecular complexity index is 945. The fourth-order valence-corrected chi connectivity index (χ4v) is 3.29. The van der Waals surface area contributed by atoms with Crippen LogP contribution in [0.5, 0.6) is 11.6 Å². The zero-order valence-electron chi connectivity index (χ0n) is 18.3. The van der Waals surface area contributed by atoms with Crippen LogP contribution in [0.4, 0.5) is 4.39 Å². The number of para-hydroxylation sites is 1. The molecule has 3 rings (SSSR count). The van der Waals surface area contributed by atoms with Crippen molar-refractivity contribution in [2.45, 2.75) is 32.9 Å². The van der Waals surface area contributed by atoms with Crippen LogP contribution in [0.25, 0.3) is 5.69 Å². The second kappa shape index (κ2) is 11.0. The zero-order chi connectivity index (χ0) is 22.2. The number of halogens is 1. The molecular weight excluding hydrogens is 397 g/mol. The first-order valence-corrected chi connectivity index (χ1v) is 10.5. The Kier molecular flexibility index (Phi) is 8.17. The average Bonchev–Trinajstić information content (AvgIpc) is 3.09. The Hall–Kier alpha value is -2.74. The van der Waals surface area contributed by atoms with Crippen molar-refractivity contribution in [3.8, 4) is 17.3 Å². The lowest BCUT2D eigenvalue weighted by Crippen LogP contribution is -2.34. The summed E-state index contributed by atoms with van der Waals surface area (Å²) in [6.07, 6.45) is 0.243. The fourth-order valence-electron chi connectivity index (χ4n) is 3.29. The van der Waals surface area contributed by atoms with Crippen LogP contribution in [0.2, 0.25) is 0 Å². The highest BCUT2D eigenvalue weighted by Crippen LogP contribution is 2.31. The van der Waals surface area contributed by atoms with Crippen molar-refractivity contribution in [3.05, 3.63) is 71.7 Å². The number of aryl methyl sites for hydroxylation is 1. The Balaban J connectivity index is 1.99. The lowest BCUT2D eigenvalue weighted by molar-refractivity contribution is 0.0825. The first kappa shape index (κ1) is 22.9. The molecule has 2 aromatic carbocycles. The first-order valence-electron chi connectivity index (χ1n) is 10.5. The number of benzene rings is 2. The van der Waals surface area contributed by atoms with Gasteiger partial charge in [0.1, 0.15) is 11.6 Å². The van der Waals surface area contributed by atoms with Gasteiger partial charge in [-0.25, -0.2) is 9.07 Å².